The standard InChI is InChI=1S/C37H35N3O11S/c1-24-22-39(36(42)38-35(24)41)34-21-32(51-52(45,46)31-19-13-28(14-20-31)40(43)44)33(50-34)23-49-37(25-7-5-4-6-8-25,26-9-15-29(47-2)16-10-26)27-11-17-30(48-3)18-12-27/h4-20,22,32-34H,21,23H2,1-3H3,(H,38,41,42)/t32-,33-,34-/m1/s1. The molecule has 14 nitrogen and oxygen atoms in total. The second kappa shape index (κ2) is 14.9. The molecule has 270 valence electrons. The fourth-order valence-electron chi connectivity index (χ4n) is 6.16. The molecule has 1 fully saturated rings. The largest absolute Gasteiger partial charge is 0.497 e. The maximum atomic E-state index is 13.6. The zero-order chi connectivity index (χ0) is 37.0. The summed E-state index contributed by atoms with van der Waals surface area (Å²) >= 11 is 0. The number of hydrogen-bond donors (Lipinski definition) is 1. The highest BCUT2D eigenvalue weighted by Gasteiger charge is 2.44. The van der Waals surface area contributed by atoms with Crippen molar-refractivity contribution in [2.24, 2.45) is 0 Å². The number of aromatic nitrogens is 2. The number of aromatic amines is 1. The van der Waals surface area contributed by atoms with Gasteiger partial charge in [0.1, 0.15) is 35.5 Å². The first-order valence-corrected chi connectivity index (χ1v) is 17.5. The Bertz CT molecular complexity index is 2210. The Morgan fingerprint density at radius 2 is 1.42 bits per heavy atom. The molecular formula is C37H35N3O11S. The number of aryl methyl sites for hydroxylation is 1. The summed E-state index contributed by atoms with van der Waals surface area (Å²) in [6.07, 6.45) is -2.14. The Kier molecular flexibility index (Phi) is 10.4. The van der Waals surface area contributed by atoms with Gasteiger partial charge in [-0.05, 0) is 60.0 Å². The summed E-state index contributed by atoms with van der Waals surface area (Å²) in [6, 6.07) is 28.4. The number of H-pyrrole nitrogens is 1. The van der Waals surface area contributed by atoms with Gasteiger partial charge in [-0.25, -0.2) is 4.79 Å². The summed E-state index contributed by atoms with van der Waals surface area (Å²) < 4.78 is 58.3. The van der Waals surface area contributed by atoms with Gasteiger partial charge in [-0.15, -0.1) is 0 Å². The number of methoxy groups -OCH3 is 2. The molecule has 0 amide bonds. The molecule has 0 bridgehead atoms. The lowest BCUT2D eigenvalue weighted by Crippen LogP contribution is -2.39. The van der Waals surface area contributed by atoms with Crippen LogP contribution in [0.25, 0.3) is 0 Å². The van der Waals surface area contributed by atoms with Crippen LogP contribution in [-0.2, 0) is 29.4 Å². The number of nitrogens with one attached hydrogen (secondary N) is 1. The summed E-state index contributed by atoms with van der Waals surface area (Å²) in [5.74, 6) is 1.24. The van der Waals surface area contributed by atoms with Crippen molar-refractivity contribution >= 4 is 15.8 Å². The van der Waals surface area contributed by atoms with Crippen molar-refractivity contribution in [3.05, 3.63) is 163 Å². The molecule has 2 heterocycles. The first-order chi connectivity index (χ1) is 24.9. The lowest BCUT2D eigenvalue weighted by atomic mass is 9.80. The third-order valence-corrected chi connectivity index (χ3v) is 10.2. The molecule has 1 aromatic heterocycles. The van der Waals surface area contributed by atoms with Gasteiger partial charge in [-0.3, -0.25) is 28.6 Å². The van der Waals surface area contributed by atoms with E-state index in [9.17, 15) is 28.1 Å². The van der Waals surface area contributed by atoms with Gasteiger partial charge in [0.15, 0.2) is 0 Å². The van der Waals surface area contributed by atoms with E-state index in [4.69, 9.17) is 23.1 Å². The van der Waals surface area contributed by atoms with E-state index >= 15 is 0 Å². The molecule has 1 N–H and O–H groups in total. The topological polar surface area (TPSA) is 178 Å². The quantitative estimate of drug-likeness (QED) is 0.0759. The Balaban J connectivity index is 1.43. The van der Waals surface area contributed by atoms with E-state index in [0.29, 0.717) is 22.6 Å². The van der Waals surface area contributed by atoms with Crippen molar-refractivity contribution in [2.75, 3.05) is 20.8 Å². The first-order valence-electron chi connectivity index (χ1n) is 16.1. The smallest absolute Gasteiger partial charge is 0.330 e. The second-order valence-electron chi connectivity index (χ2n) is 12.0. The van der Waals surface area contributed by atoms with Gasteiger partial charge in [0.05, 0.1) is 30.6 Å². The SMILES string of the molecule is COc1ccc(C(OC[C@H]2O[C@@H](n3cc(C)c(=O)[nH]c3=O)C[C@H]2OS(=O)(=O)c2ccc([N+](=O)[O-])cc2)(c2ccccc2)c2ccc(OC)cc2)cc1. The molecule has 52 heavy (non-hydrogen) atoms. The van der Waals surface area contributed by atoms with Crippen LogP contribution in [0.15, 0.2) is 124 Å². The van der Waals surface area contributed by atoms with Crippen molar-refractivity contribution in [3.63, 3.8) is 0 Å². The van der Waals surface area contributed by atoms with Crippen LogP contribution < -0.4 is 20.7 Å². The van der Waals surface area contributed by atoms with E-state index in [2.05, 4.69) is 4.98 Å². The number of hydrogen-bond acceptors (Lipinski definition) is 11. The van der Waals surface area contributed by atoms with Gasteiger partial charge >= 0.3 is 5.69 Å². The van der Waals surface area contributed by atoms with Crippen LogP contribution in [0.4, 0.5) is 5.69 Å². The van der Waals surface area contributed by atoms with Crippen molar-refractivity contribution in [3.8, 4) is 11.5 Å². The highest BCUT2D eigenvalue weighted by molar-refractivity contribution is 7.86. The molecule has 0 spiro atoms. The van der Waals surface area contributed by atoms with Crippen LogP contribution in [0.1, 0.15) is 34.9 Å². The zero-order valence-corrected chi connectivity index (χ0v) is 29.1. The van der Waals surface area contributed by atoms with E-state index in [1.165, 1.54) is 17.7 Å². The molecule has 1 aliphatic rings. The molecule has 3 atom stereocenters. The van der Waals surface area contributed by atoms with Gasteiger partial charge in [0.25, 0.3) is 21.4 Å². The Morgan fingerprint density at radius 1 is 0.865 bits per heavy atom. The molecule has 0 radical (unpaired) electrons. The summed E-state index contributed by atoms with van der Waals surface area (Å²) in [5.41, 5.74) is -0.520. The van der Waals surface area contributed by atoms with E-state index in [0.717, 1.165) is 29.8 Å². The molecular weight excluding hydrogens is 694 g/mol. The van der Waals surface area contributed by atoms with E-state index in [-0.39, 0.29) is 29.2 Å². The maximum Gasteiger partial charge on any atom is 0.330 e. The molecule has 0 aliphatic carbocycles. The van der Waals surface area contributed by atoms with Gasteiger partial charge in [0, 0.05) is 30.3 Å². The molecule has 6 rings (SSSR count). The molecule has 0 unspecified atom stereocenters. The number of nitro benzene ring substituents is 1. The van der Waals surface area contributed by atoms with Gasteiger partial charge in [-0.2, -0.15) is 8.42 Å². The normalized spacial score (nSPS) is 17.5. The number of ether oxygens (including phenoxy) is 4. The molecule has 4 aromatic carbocycles. The lowest BCUT2D eigenvalue weighted by molar-refractivity contribution is -0.384. The van der Waals surface area contributed by atoms with Crippen LogP contribution in [0.2, 0.25) is 0 Å². The highest BCUT2D eigenvalue weighted by atomic mass is 32.2. The Hall–Kier alpha value is -5.61. The van der Waals surface area contributed by atoms with Crippen molar-refractivity contribution < 1.29 is 36.5 Å². The zero-order valence-electron chi connectivity index (χ0n) is 28.3. The third-order valence-electron chi connectivity index (χ3n) is 8.86. The average molecular weight is 730 g/mol. The van der Waals surface area contributed by atoms with Crippen LogP contribution in [0.3, 0.4) is 0 Å². The molecule has 1 aliphatic heterocycles. The van der Waals surface area contributed by atoms with Crippen LogP contribution >= 0.6 is 0 Å². The predicted octanol–water partition coefficient (Wildman–Crippen LogP) is 4.84. The fourth-order valence-corrected chi connectivity index (χ4v) is 7.27. The minimum absolute atomic E-state index is 0.130. The maximum absolute atomic E-state index is 13.6. The average Bonchev–Trinajstić information content (AvgIpc) is 3.55. The summed E-state index contributed by atoms with van der Waals surface area (Å²) in [5, 5.41) is 11.2. The minimum Gasteiger partial charge on any atom is -0.497 e. The van der Waals surface area contributed by atoms with Crippen molar-refractivity contribution in [2.45, 2.75) is 42.3 Å². The molecule has 5 aromatic rings. The van der Waals surface area contributed by atoms with Crippen LogP contribution in [-0.4, -0.2) is 55.9 Å². The second-order valence-corrected chi connectivity index (χ2v) is 13.6. The van der Waals surface area contributed by atoms with E-state index < -0.39 is 50.3 Å². The molecule has 0 saturated carbocycles. The van der Waals surface area contributed by atoms with Crippen molar-refractivity contribution in [1.82, 2.24) is 9.55 Å². The van der Waals surface area contributed by atoms with E-state index in [1.54, 1.807) is 38.5 Å². The number of nitrogens with zero attached hydrogens (tertiary/aromatic N) is 2. The number of rotatable bonds is 13. The van der Waals surface area contributed by atoms with E-state index in [1.807, 2.05) is 54.6 Å². The minimum atomic E-state index is -4.51. The Morgan fingerprint density at radius 3 is 1.96 bits per heavy atom. The highest BCUT2D eigenvalue weighted by Crippen LogP contribution is 2.43. The number of nitro groups is 1. The van der Waals surface area contributed by atoms with Gasteiger partial charge in [0.2, 0.25) is 0 Å². The molecule has 15 heteroatoms. The summed E-state index contributed by atoms with van der Waals surface area (Å²) in [4.78, 5) is 37.6. The number of non-ortho nitro benzene ring substituents is 1. The van der Waals surface area contributed by atoms with Crippen molar-refractivity contribution in [1.29, 1.82) is 0 Å². The monoisotopic (exact) mass is 729 g/mol. The third kappa shape index (κ3) is 7.25. The van der Waals surface area contributed by atoms with Crippen LogP contribution in [0, 0.1) is 17.0 Å². The van der Waals surface area contributed by atoms with Gasteiger partial charge in [-0.1, -0.05) is 54.6 Å². The molecule has 1 saturated heterocycles. The fraction of sp³-hybridized carbons (Fsp3) is 0.243. The summed E-state index contributed by atoms with van der Waals surface area (Å²) in [6.45, 7) is 1.27. The lowest BCUT2D eigenvalue weighted by Gasteiger charge is -2.37. The van der Waals surface area contributed by atoms with Crippen LogP contribution in [0.5, 0.6) is 11.5 Å². The first kappa shape index (κ1) is 36.2. The number of benzene rings is 4. The van der Waals surface area contributed by atoms with Gasteiger partial charge < -0.3 is 18.9 Å². The summed E-state index contributed by atoms with van der Waals surface area (Å²) in [7, 11) is -1.38. The Labute approximate surface area is 298 Å². The predicted molar refractivity (Wildman–Crippen MR) is 188 cm³/mol.